The molecule has 51 heavy (non-hydrogen) atoms. The van der Waals surface area contributed by atoms with Crippen LogP contribution in [0, 0.1) is 0 Å². The number of aliphatic imine (C=N–C) groups is 2. The summed E-state index contributed by atoms with van der Waals surface area (Å²) in [6.07, 6.45) is -0.341. The van der Waals surface area contributed by atoms with Crippen LogP contribution in [-0.2, 0) is 0 Å². The van der Waals surface area contributed by atoms with Gasteiger partial charge in [0.15, 0.2) is 5.84 Å². The summed E-state index contributed by atoms with van der Waals surface area (Å²) in [4.78, 5) is 10.5. The van der Waals surface area contributed by atoms with Crippen LogP contribution in [0.15, 0.2) is 190 Å². The van der Waals surface area contributed by atoms with E-state index < -0.39 is 0 Å². The summed E-state index contributed by atoms with van der Waals surface area (Å²) >= 11 is 0. The van der Waals surface area contributed by atoms with Gasteiger partial charge < -0.3 is 9.73 Å². The number of rotatable bonds is 5. The summed E-state index contributed by atoms with van der Waals surface area (Å²) in [6, 6.07) is 61.7. The largest absolute Gasteiger partial charge is 0.455 e. The van der Waals surface area contributed by atoms with Gasteiger partial charge in [0.2, 0.25) is 0 Å². The molecule has 1 N–H and O–H groups in total. The lowest BCUT2D eigenvalue weighted by Gasteiger charge is -2.24. The Balaban J connectivity index is 1.11. The van der Waals surface area contributed by atoms with E-state index in [-0.39, 0.29) is 6.17 Å². The molecule has 0 saturated carbocycles. The molecule has 2 heterocycles. The monoisotopic (exact) mass is 653 g/mol. The molecule has 4 heteroatoms. The molecule has 0 saturated heterocycles. The van der Waals surface area contributed by atoms with Crippen molar-refractivity contribution in [2.75, 3.05) is 0 Å². The average Bonchev–Trinajstić information content (AvgIpc) is 3.60. The van der Waals surface area contributed by atoms with Crippen molar-refractivity contribution in [2.45, 2.75) is 6.17 Å². The number of furan rings is 1. The number of benzene rings is 8. The van der Waals surface area contributed by atoms with E-state index >= 15 is 0 Å². The van der Waals surface area contributed by atoms with E-state index in [4.69, 9.17) is 14.4 Å². The zero-order valence-electron chi connectivity index (χ0n) is 27.6. The normalized spacial score (nSPS) is 14.5. The third-order valence-electron chi connectivity index (χ3n) is 9.93. The van der Waals surface area contributed by atoms with Crippen molar-refractivity contribution in [1.82, 2.24) is 5.32 Å². The standard InChI is InChI=1S/C47H31N3O/c1-2-12-33(13-3-1)45-48-46(34-22-18-32(19-23-34)37-24-20-30-10-4-6-14-35(30)28-37)50-47(49-45)41-27-26-39(38-25-21-31-11-5-7-15-36(31)29-38)44-43(41)40-16-8-9-17-42(40)51-44/h1-29,46H,(H,48,49,50). The van der Waals surface area contributed by atoms with Crippen LogP contribution in [0.2, 0.25) is 0 Å². The molecule has 0 bridgehead atoms. The molecule has 1 aromatic heterocycles. The van der Waals surface area contributed by atoms with E-state index in [1.165, 1.54) is 27.1 Å². The number of fused-ring (bicyclic) bond motifs is 5. The second-order valence-corrected chi connectivity index (χ2v) is 13.0. The quantitative estimate of drug-likeness (QED) is 0.201. The first-order valence-corrected chi connectivity index (χ1v) is 17.3. The van der Waals surface area contributed by atoms with Gasteiger partial charge in [0.05, 0.1) is 0 Å². The molecule has 9 aromatic rings. The third kappa shape index (κ3) is 5.17. The maximum atomic E-state index is 6.67. The van der Waals surface area contributed by atoms with Gasteiger partial charge in [-0.25, -0.2) is 9.98 Å². The molecule has 0 spiro atoms. The third-order valence-corrected chi connectivity index (χ3v) is 9.93. The smallest absolute Gasteiger partial charge is 0.160 e. The molecule has 4 nitrogen and oxygen atoms in total. The van der Waals surface area contributed by atoms with E-state index in [1.807, 2.05) is 30.3 Å². The molecule has 0 fully saturated rings. The summed E-state index contributed by atoms with van der Waals surface area (Å²) < 4.78 is 6.67. The fraction of sp³-hybridized carbons (Fsp3) is 0.0213. The number of hydrogen-bond donors (Lipinski definition) is 1. The Morgan fingerprint density at radius 2 is 1.08 bits per heavy atom. The van der Waals surface area contributed by atoms with Crippen LogP contribution >= 0.6 is 0 Å². The van der Waals surface area contributed by atoms with Crippen LogP contribution in [0.5, 0.6) is 0 Å². The van der Waals surface area contributed by atoms with Gasteiger partial charge in [-0.3, -0.25) is 0 Å². The fourth-order valence-electron chi connectivity index (χ4n) is 7.31. The minimum Gasteiger partial charge on any atom is -0.455 e. The maximum Gasteiger partial charge on any atom is 0.160 e. The minimum atomic E-state index is -0.341. The van der Waals surface area contributed by atoms with Crippen LogP contribution in [0.4, 0.5) is 0 Å². The van der Waals surface area contributed by atoms with Gasteiger partial charge in [-0.2, -0.15) is 0 Å². The first kappa shape index (κ1) is 29.2. The van der Waals surface area contributed by atoms with Gasteiger partial charge in [-0.1, -0.05) is 146 Å². The topological polar surface area (TPSA) is 49.9 Å². The Bertz CT molecular complexity index is 2830. The maximum absolute atomic E-state index is 6.67. The van der Waals surface area contributed by atoms with Gasteiger partial charge in [0.25, 0.3) is 0 Å². The van der Waals surface area contributed by atoms with E-state index in [1.54, 1.807) is 0 Å². The van der Waals surface area contributed by atoms with Crippen molar-refractivity contribution in [3.05, 3.63) is 193 Å². The second-order valence-electron chi connectivity index (χ2n) is 13.0. The van der Waals surface area contributed by atoms with Crippen molar-refractivity contribution in [3.8, 4) is 22.3 Å². The summed E-state index contributed by atoms with van der Waals surface area (Å²) in [5.41, 5.74) is 9.17. The SMILES string of the molecule is c1ccc(C2=NC(c3ccc(-c4ccc5ccccc5c4)c4oc5ccccc5c34)=NC(c3ccc(-c4ccc5ccccc5c4)cc3)N2)cc1. The molecule has 0 aliphatic carbocycles. The van der Waals surface area contributed by atoms with Crippen molar-refractivity contribution in [2.24, 2.45) is 9.98 Å². The zero-order chi connectivity index (χ0) is 33.7. The minimum absolute atomic E-state index is 0.341. The van der Waals surface area contributed by atoms with Crippen molar-refractivity contribution in [3.63, 3.8) is 0 Å². The van der Waals surface area contributed by atoms with E-state index in [9.17, 15) is 0 Å². The highest BCUT2D eigenvalue weighted by atomic mass is 16.3. The highest BCUT2D eigenvalue weighted by Crippen LogP contribution is 2.40. The van der Waals surface area contributed by atoms with Gasteiger partial charge in [0.1, 0.15) is 23.2 Å². The first-order chi connectivity index (χ1) is 25.2. The number of nitrogens with zero attached hydrogens (tertiary/aromatic N) is 2. The Morgan fingerprint density at radius 1 is 0.471 bits per heavy atom. The van der Waals surface area contributed by atoms with Crippen molar-refractivity contribution in [1.29, 1.82) is 0 Å². The highest BCUT2D eigenvalue weighted by molar-refractivity contribution is 6.23. The average molecular weight is 654 g/mol. The van der Waals surface area contributed by atoms with Crippen LogP contribution in [0.3, 0.4) is 0 Å². The molecule has 240 valence electrons. The second kappa shape index (κ2) is 12.0. The molecule has 1 atom stereocenters. The lowest BCUT2D eigenvalue weighted by molar-refractivity contribution is 0.669. The molecule has 10 rings (SSSR count). The molecule has 0 amide bonds. The Kier molecular flexibility index (Phi) is 6.85. The number of amidine groups is 2. The van der Waals surface area contributed by atoms with Crippen molar-refractivity contribution >= 4 is 55.2 Å². The van der Waals surface area contributed by atoms with Gasteiger partial charge >= 0.3 is 0 Å². The number of para-hydroxylation sites is 1. The molecular formula is C47H31N3O. The lowest BCUT2D eigenvalue weighted by Crippen LogP contribution is -2.33. The van der Waals surface area contributed by atoms with Gasteiger partial charge in [-0.05, 0) is 74.1 Å². The number of nitrogens with one attached hydrogen (secondary N) is 1. The summed E-state index contributed by atoms with van der Waals surface area (Å²) in [5, 5.41) is 10.6. The number of hydrogen-bond acceptors (Lipinski definition) is 4. The van der Waals surface area contributed by atoms with Gasteiger partial charge in [-0.15, -0.1) is 0 Å². The Labute approximate surface area is 295 Å². The van der Waals surface area contributed by atoms with Crippen LogP contribution in [-0.4, -0.2) is 11.7 Å². The summed E-state index contributed by atoms with van der Waals surface area (Å²) in [6.45, 7) is 0. The summed E-state index contributed by atoms with van der Waals surface area (Å²) in [5.74, 6) is 1.45. The van der Waals surface area contributed by atoms with Crippen LogP contribution in [0.1, 0.15) is 22.9 Å². The molecule has 1 unspecified atom stereocenters. The molecule has 8 aromatic carbocycles. The predicted molar refractivity (Wildman–Crippen MR) is 211 cm³/mol. The predicted octanol–water partition coefficient (Wildman–Crippen LogP) is 11.7. The summed E-state index contributed by atoms with van der Waals surface area (Å²) in [7, 11) is 0. The van der Waals surface area contributed by atoms with Crippen molar-refractivity contribution < 1.29 is 4.42 Å². The van der Waals surface area contributed by atoms with E-state index in [0.29, 0.717) is 5.84 Å². The molecule has 1 aliphatic heterocycles. The molecule has 1 aliphatic rings. The van der Waals surface area contributed by atoms with E-state index in [2.05, 4.69) is 151 Å². The molecule has 0 radical (unpaired) electrons. The van der Waals surface area contributed by atoms with E-state index in [0.717, 1.165) is 61.2 Å². The molecular weight excluding hydrogens is 623 g/mol. The van der Waals surface area contributed by atoms with Gasteiger partial charge in [0, 0.05) is 27.5 Å². The Morgan fingerprint density at radius 3 is 1.84 bits per heavy atom. The zero-order valence-corrected chi connectivity index (χ0v) is 27.6. The van der Waals surface area contributed by atoms with Crippen LogP contribution in [0.25, 0.3) is 65.7 Å². The lowest BCUT2D eigenvalue weighted by atomic mass is 9.96. The van der Waals surface area contributed by atoms with Crippen LogP contribution < -0.4 is 5.32 Å². The highest BCUT2D eigenvalue weighted by Gasteiger charge is 2.25. The first-order valence-electron chi connectivity index (χ1n) is 17.3. The fourth-order valence-corrected chi connectivity index (χ4v) is 7.31. The Hall–Kier alpha value is -6.78.